The largest absolute Gasteiger partial charge is 0.481 e. The molecule has 0 saturated heterocycles. The van der Waals surface area contributed by atoms with Gasteiger partial charge in [-0.05, 0) is 45.1 Å². The Balaban J connectivity index is 1.52. The Morgan fingerprint density at radius 2 is 1.82 bits per heavy atom. The standard InChI is InChI=1S/C21H28N4O3/c1-14-19(15(2)25(24-14)13-16-6-4-3-5-7-16)12-22-21(28)23-18-10-8-17(9-11-18)20(26)27/h3-7,17-18H,8-13H2,1-2H3,(H,26,27)(H2,22,23,28). The Labute approximate surface area is 165 Å². The van der Waals surface area contributed by atoms with Gasteiger partial charge in [0.25, 0.3) is 0 Å². The lowest BCUT2D eigenvalue weighted by Crippen LogP contribution is -2.44. The molecule has 1 aliphatic carbocycles. The molecule has 0 aliphatic heterocycles. The Morgan fingerprint density at radius 3 is 2.46 bits per heavy atom. The van der Waals surface area contributed by atoms with Crippen LogP contribution in [0.4, 0.5) is 4.79 Å². The zero-order chi connectivity index (χ0) is 20.1. The van der Waals surface area contributed by atoms with Crippen molar-refractivity contribution in [2.45, 2.75) is 58.7 Å². The van der Waals surface area contributed by atoms with E-state index in [1.165, 1.54) is 5.56 Å². The maximum Gasteiger partial charge on any atom is 0.315 e. The number of hydrogen-bond donors (Lipinski definition) is 3. The van der Waals surface area contributed by atoms with Crippen molar-refractivity contribution in [3.63, 3.8) is 0 Å². The van der Waals surface area contributed by atoms with Crippen molar-refractivity contribution >= 4 is 12.0 Å². The molecule has 7 heteroatoms. The predicted molar refractivity (Wildman–Crippen MR) is 106 cm³/mol. The van der Waals surface area contributed by atoms with E-state index in [2.05, 4.69) is 27.9 Å². The maximum atomic E-state index is 12.3. The third kappa shape index (κ3) is 4.91. The zero-order valence-corrected chi connectivity index (χ0v) is 16.4. The molecular weight excluding hydrogens is 356 g/mol. The van der Waals surface area contributed by atoms with Crippen LogP contribution in [0.5, 0.6) is 0 Å². The molecule has 150 valence electrons. The minimum Gasteiger partial charge on any atom is -0.481 e. The van der Waals surface area contributed by atoms with Gasteiger partial charge in [-0.2, -0.15) is 5.10 Å². The van der Waals surface area contributed by atoms with Crippen LogP contribution in [0, 0.1) is 19.8 Å². The van der Waals surface area contributed by atoms with Gasteiger partial charge in [0.2, 0.25) is 0 Å². The smallest absolute Gasteiger partial charge is 0.315 e. The van der Waals surface area contributed by atoms with E-state index in [4.69, 9.17) is 5.11 Å². The first-order valence-electron chi connectivity index (χ1n) is 9.78. The van der Waals surface area contributed by atoms with E-state index in [-0.39, 0.29) is 18.0 Å². The van der Waals surface area contributed by atoms with Crippen LogP contribution in [0.2, 0.25) is 0 Å². The quantitative estimate of drug-likeness (QED) is 0.713. The minimum absolute atomic E-state index is 0.0404. The fraction of sp³-hybridized carbons (Fsp3) is 0.476. The van der Waals surface area contributed by atoms with Crippen LogP contribution in [0.1, 0.15) is 48.2 Å². The summed E-state index contributed by atoms with van der Waals surface area (Å²) in [6.07, 6.45) is 2.64. The van der Waals surface area contributed by atoms with Gasteiger partial charge in [-0.3, -0.25) is 9.48 Å². The molecule has 1 heterocycles. The molecule has 1 aromatic carbocycles. The molecule has 0 unspecified atom stereocenters. The number of benzene rings is 1. The zero-order valence-electron chi connectivity index (χ0n) is 16.4. The summed E-state index contributed by atoms with van der Waals surface area (Å²) >= 11 is 0. The van der Waals surface area contributed by atoms with Gasteiger partial charge in [0, 0.05) is 23.8 Å². The van der Waals surface area contributed by atoms with Gasteiger partial charge in [0.1, 0.15) is 0 Å². The second-order valence-electron chi connectivity index (χ2n) is 7.51. The first kappa shape index (κ1) is 19.9. The number of rotatable bonds is 6. The monoisotopic (exact) mass is 384 g/mol. The van der Waals surface area contributed by atoms with Crippen LogP contribution in [0.3, 0.4) is 0 Å². The summed E-state index contributed by atoms with van der Waals surface area (Å²) in [6.45, 7) is 5.09. The highest BCUT2D eigenvalue weighted by Gasteiger charge is 2.26. The predicted octanol–water partition coefficient (Wildman–Crippen LogP) is 2.99. The number of carbonyl (C=O) groups excluding carboxylic acids is 1. The van der Waals surface area contributed by atoms with Crippen molar-refractivity contribution < 1.29 is 14.7 Å². The van der Waals surface area contributed by atoms with E-state index in [1.807, 2.05) is 36.7 Å². The number of amides is 2. The van der Waals surface area contributed by atoms with Gasteiger partial charge >= 0.3 is 12.0 Å². The van der Waals surface area contributed by atoms with Crippen LogP contribution < -0.4 is 10.6 Å². The molecular formula is C21H28N4O3. The summed E-state index contributed by atoms with van der Waals surface area (Å²) in [5.74, 6) is -1.01. The van der Waals surface area contributed by atoms with Crippen LogP contribution in [-0.2, 0) is 17.9 Å². The van der Waals surface area contributed by atoms with Gasteiger partial charge < -0.3 is 15.7 Å². The maximum absolute atomic E-state index is 12.3. The van der Waals surface area contributed by atoms with Gasteiger partial charge in [-0.1, -0.05) is 30.3 Å². The summed E-state index contributed by atoms with van der Waals surface area (Å²) in [4.78, 5) is 23.3. The summed E-state index contributed by atoms with van der Waals surface area (Å²) in [5, 5.41) is 19.6. The van der Waals surface area contributed by atoms with Gasteiger partial charge in [0.05, 0.1) is 18.2 Å². The molecule has 1 saturated carbocycles. The second kappa shape index (κ2) is 8.91. The van der Waals surface area contributed by atoms with Gasteiger partial charge in [-0.25, -0.2) is 4.79 Å². The Bertz CT molecular complexity index is 824. The van der Waals surface area contributed by atoms with E-state index in [0.29, 0.717) is 38.8 Å². The molecule has 0 radical (unpaired) electrons. The molecule has 1 aromatic heterocycles. The number of aromatic nitrogens is 2. The Kier molecular flexibility index (Phi) is 6.34. The molecule has 1 fully saturated rings. The van der Waals surface area contributed by atoms with Crippen LogP contribution in [-0.4, -0.2) is 32.9 Å². The molecule has 2 aromatic rings. The molecule has 7 nitrogen and oxygen atoms in total. The molecule has 1 aliphatic rings. The van der Waals surface area contributed by atoms with Crippen molar-refractivity contribution in [1.82, 2.24) is 20.4 Å². The number of aliphatic carboxylic acids is 1. The first-order chi connectivity index (χ1) is 13.4. The molecule has 2 amide bonds. The fourth-order valence-corrected chi connectivity index (χ4v) is 3.79. The van der Waals surface area contributed by atoms with E-state index >= 15 is 0 Å². The highest BCUT2D eigenvalue weighted by Crippen LogP contribution is 2.24. The molecule has 3 N–H and O–H groups in total. The molecule has 3 rings (SSSR count). The number of nitrogens with zero attached hydrogens (tertiary/aromatic N) is 2. The van der Waals surface area contributed by atoms with Crippen molar-refractivity contribution in [2.75, 3.05) is 0 Å². The van der Waals surface area contributed by atoms with Crippen LogP contribution >= 0.6 is 0 Å². The summed E-state index contributed by atoms with van der Waals surface area (Å²) in [5.41, 5.74) is 4.17. The Morgan fingerprint density at radius 1 is 1.14 bits per heavy atom. The van der Waals surface area contributed by atoms with Crippen LogP contribution in [0.25, 0.3) is 0 Å². The summed E-state index contributed by atoms with van der Waals surface area (Å²) in [7, 11) is 0. The number of hydrogen-bond acceptors (Lipinski definition) is 3. The second-order valence-corrected chi connectivity index (χ2v) is 7.51. The average Bonchev–Trinajstić information content (AvgIpc) is 2.94. The average molecular weight is 384 g/mol. The number of carboxylic acids is 1. The van der Waals surface area contributed by atoms with Gasteiger partial charge in [0.15, 0.2) is 0 Å². The number of urea groups is 1. The van der Waals surface area contributed by atoms with Crippen molar-refractivity contribution in [3.05, 3.63) is 52.8 Å². The van der Waals surface area contributed by atoms with Crippen molar-refractivity contribution in [3.8, 4) is 0 Å². The molecule has 0 atom stereocenters. The number of nitrogens with one attached hydrogen (secondary N) is 2. The highest BCUT2D eigenvalue weighted by molar-refractivity contribution is 5.74. The molecule has 28 heavy (non-hydrogen) atoms. The number of carbonyl (C=O) groups is 2. The first-order valence-corrected chi connectivity index (χ1v) is 9.78. The van der Waals surface area contributed by atoms with Crippen molar-refractivity contribution in [2.24, 2.45) is 5.92 Å². The van der Waals surface area contributed by atoms with Gasteiger partial charge in [-0.15, -0.1) is 0 Å². The van der Waals surface area contributed by atoms with E-state index in [0.717, 1.165) is 17.0 Å². The van der Waals surface area contributed by atoms with Crippen molar-refractivity contribution in [1.29, 1.82) is 0 Å². The topological polar surface area (TPSA) is 96.3 Å². The van der Waals surface area contributed by atoms with Crippen LogP contribution in [0.15, 0.2) is 30.3 Å². The lowest BCUT2D eigenvalue weighted by atomic mass is 9.86. The van der Waals surface area contributed by atoms with E-state index in [9.17, 15) is 9.59 Å². The third-order valence-corrected chi connectivity index (χ3v) is 5.54. The van der Waals surface area contributed by atoms with E-state index in [1.54, 1.807) is 0 Å². The summed E-state index contributed by atoms with van der Waals surface area (Å²) < 4.78 is 1.97. The lowest BCUT2D eigenvalue weighted by Gasteiger charge is -2.26. The highest BCUT2D eigenvalue weighted by atomic mass is 16.4. The Hall–Kier alpha value is -2.83. The third-order valence-electron chi connectivity index (χ3n) is 5.54. The fourth-order valence-electron chi connectivity index (χ4n) is 3.79. The number of aryl methyl sites for hydroxylation is 1. The van der Waals surface area contributed by atoms with E-state index < -0.39 is 5.97 Å². The molecule has 0 bridgehead atoms. The summed E-state index contributed by atoms with van der Waals surface area (Å²) in [6, 6.07) is 9.98. The molecule has 0 spiro atoms. The number of carboxylic acid groups (broad SMARTS) is 1. The lowest BCUT2D eigenvalue weighted by molar-refractivity contribution is -0.142. The SMILES string of the molecule is Cc1nn(Cc2ccccc2)c(C)c1CNC(=O)NC1CCC(C(=O)O)CC1. The minimum atomic E-state index is -0.735. The normalized spacial score (nSPS) is 19.2.